The van der Waals surface area contributed by atoms with Crippen molar-refractivity contribution in [1.82, 2.24) is 9.47 Å². The van der Waals surface area contributed by atoms with Gasteiger partial charge in [-0.2, -0.15) is 0 Å². The number of methoxy groups -OCH3 is 1. The summed E-state index contributed by atoms with van der Waals surface area (Å²) in [6.07, 6.45) is 1.73. The molecule has 192 valence electrons. The summed E-state index contributed by atoms with van der Waals surface area (Å²) in [5.41, 5.74) is 3.64. The van der Waals surface area contributed by atoms with Crippen molar-refractivity contribution in [2.75, 3.05) is 20.3 Å². The highest BCUT2D eigenvalue weighted by Crippen LogP contribution is 2.34. The molecule has 0 aliphatic carbocycles. The topological polar surface area (TPSA) is 77.8 Å². The number of benzene rings is 3. The lowest BCUT2D eigenvalue weighted by Gasteiger charge is -2.14. The number of carbonyl (C=O) groups is 3. The van der Waals surface area contributed by atoms with Crippen LogP contribution in [0.4, 0.5) is 4.79 Å². The SMILES string of the molecule is COC(=O)c1ccccc1-n1c(C)cc(/C=C2\SC(=O)N(CCOc3cccc4ccccc34)C2=O)c1C. The van der Waals surface area contributed by atoms with Crippen molar-refractivity contribution in [3.63, 3.8) is 0 Å². The molecular formula is C30H26N2O5S. The molecule has 2 amide bonds. The number of fused-ring (bicyclic) bond motifs is 1. The fourth-order valence-corrected chi connectivity index (χ4v) is 5.51. The molecular weight excluding hydrogens is 500 g/mol. The molecule has 3 aromatic carbocycles. The zero-order valence-corrected chi connectivity index (χ0v) is 22.1. The largest absolute Gasteiger partial charge is 0.491 e. The number of amides is 2. The van der Waals surface area contributed by atoms with Crippen LogP contribution in [0.3, 0.4) is 0 Å². The highest BCUT2D eigenvalue weighted by Gasteiger charge is 2.35. The van der Waals surface area contributed by atoms with E-state index in [1.54, 1.807) is 18.2 Å². The fraction of sp³-hybridized carbons (Fsp3) is 0.167. The average Bonchev–Trinajstić information content (AvgIpc) is 3.36. The normalized spacial score (nSPS) is 14.5. The maximum absolute atomic E-state index is 13.1. The summed E-state index contributed by atoms with van der Waals surface area (Å²) in [5.74, 6) is -0.0620. The van der Waals surface area contributed by atoms with Crippen molar-refractivity contribution in [3.05, 3.63) is 100 Å². The summed E-state index contributed by atoms with van der Waals surface area (Å²) < 4.78 is 12.8. The molecule has 38 heavy (non-hydrogen) atoms. The van der Waals surface area contributed by atoms with Crippen molar-refractivity contribution in [2.45, 2.75) is 13.8 Å². The van der Waals surface area contributed by atoms with E-state index in [-0.39, 0.29) is 24.3 Å². The molecule has 1 aliphatic rings. The van der Waals surface area contributed by atoms with Crippen molar-refractivity contribution in [2.24, 2.45) is 0 Å². The Morgan fingerprint density at radius 2 is 1.71 bits per heavy atom. The van der Waals surface area contributed by atoms with E-state index in [1.165, 1.54) is 12.0 Å². The van der Waals surface area contributed by atoms with E-state index in [1.807, 2.05) is 79.1 Å². The lowest BCUT2D eigenvalue weighted by Crippen LogP contribution is -2.32. The summed E-state index contributed by atoms with van der Waals surface area (Å²) in [4.78, 5) is 39.7. The van der Waals surface area contributed by atoms with Crippen molar-refractivity contribution in [3.8, 4) is 11.4 Å². The monoisotopic (exact) mass is 526 g/mol. The number of ether oxygens (including phenoxy) is 2. The molecule has 0 saturated carbocycles. The summed E-state index contributed by atoms with van der Waals surface area (Å²) >= 11 is 0.916. The van der Waals surface area contributed by atoms with Crippen LogP contribution in [0.25, 0.3) is 22.5 Å². The first-order valence-corrected chi connectivity index (χ1v) is 12.9. The van der Waals surface area contributed by atoms with Gasteiger partial charge in [-0.15, -0.1) is 0 Å². The Hall–Kier alpha value is -4.30. The van der Waals surface area contributed by atoms with Gasteiger partial charge in [0.15, 0.2) is 0 Å². The summed E-state index contributed by atoms with van der Waals surface area (Å²) in [6, 6.07) is 22.8. The Bertz CT molecular complexity index is 1600. The number of hydrogen-bond donors (Lipinski definition) is 0. The van der Waals surface area contributed by atoms with Crippen LogP contribution < -0.4 is 4.74 Å². The number of aryl methyl sites for hydroxylation is 1. The molecule has 0 unspecified atom stereocenters. The third-order valence-electron chi connectivity index (χ3n) is 6.50. The molecule has 4 aromatic rings. The van der Waals surface area contributed by atoms with E-state index >= 15 is 0 Å². The molecule has 2 heterocycles. The minimum absolute atomic E-state index is 0.150. The highest BCUT2D eigenvalue weighted by atomic mass is 32.2. The van der Waals surface area contributed by atoms with Gasteiger partial charge in [-0.25, -0.2) is 4.79 Å². The Morgan fingerprint density at radius 1 is 0.974 bits per heavy atom. The second-order valence-corrected chi connectivity index (χ2v) is 9.82. The Morgan fingerprint density at radius 3 is 2.53 bits per heavy atom. The van der Waals surface area contributed by atoms with Gasteiger partial charge in [-0.3, -0.25) is 14.5 Å². The molecule has 1 saturated heterocycles. The minimum Gasteiger partial charge on any atom is -0.491 e. The summed E-state index contributed by atoms with van der Waals surface area (Å²) in [7, 11) is 1.35. The van der Waals surface area contributed by atoms with Gasteiger partial charge in [0.25, 0.3) is 11.1 Å². The number of rotatable bonds is 7. The van der Waals surface area contributed by atoms with Gasteiger partial charge in [0, 0.05) is 16.8 Å². The zero-order valence-electron chi connectivity index (χ0n) is 21.3. The van der Waals surface area contributed by atoms with Crippen molar-refractivity contribution < 1.29 is 23.9 Å². The molecule has 0 N–H and O–H groups in total. The molecule has 1 fully saturated rings. The van der Waals surface area contributed by atoms with Crippen LogP contribution in [-0.2, 0) is 9.53 Å². The van der Waals surface area contributed by atoms with Gasteiger partial charge in [0.1, 0.15) is 12.4 Å². The number of aromatic nitrogens is 1. The number of nitrogens with zero attached hydrogens (tertiary/aromatic N) is 2. The maximum Gasteiger partial charge on any atom is 0.339 e. The highest BCUT2D eigenvalue weighted by molar-refractivity contribution is 8.18. The van der Waals surface area contributed by atoms with Crippen LogP contribution in [0.5, 0.6) is 5.75 Å². The molecule has 0 bridgehead atoms. The maximum atomic E-state index is 13.1. The van der Waals surface area contributed by atoms with E-state index in [2.05, 4.69) is 0 Å². The molecule has 0 radical (unpaired) electrons. The predicted molar refractivity (Wildman–Crippen MR) is 149 cm³/mol. The van der Waals surface area contributed by atoms with Crippen LogP contribution in [-0.4, -0.2) is 46.8 Å². The first-order valence-electron chi connectivity index (χ1n) is 12.1. The predicted octanol–water partition coefficient (Wildman–Crippen LogP) is 6.15. The lowest BCUT2D eigenvalue weighted by atomic mass is 10.1. The second kappa shape index (κ2) is 10.6. The lowest BCUT2D eigenvalue weighted by molar-refractivity contribution is -0.123. The van der Waals surface area contributed by atoms with Crippen molar-refractivity contribution >= 4 is 45.7 Å². The fourth-order valence-electron chi connectivity index (χ4n) is 4.66. The molecule has 5 rings (SSSR count). The molecule has 1 aliphatic heterocycles. The van der Waals surface area contributed by atoms with Crippen LogP contribution in [0.1, 0.15) is 27.3 Å². The second-order valence-electron chi connectivity index (χ2n) is 8.83. The number of carbonyl (C=O) groups excluding carboxylic acids is 3. The Kier molecular flexibility index (Phi) is 7.07. The van der Waals surface area contributed by atoms with E-state index < -0.39 is 5.97 Å². The zero-order chi connectivity index (χ0) is 26.8. The van der Waals surface area contributed by atoms with Crippen molar-refractivity contribution in [1.29, 1.82) is 0 Å². The van der Waals surface area contributed by atoms with E-state index in [9.17, 15) is 14.4 Å². The smallest absolute Gasteiger partial charge is 0.339 e. The molecule has 7 nitrogen and oxygen atoms in total. The van der Waals surface area contributed by atoms with Gasteiger partial charge in [-0.05, 0) is 66.9 Å². The molecule has 0 spiro atoms. The van der Waals surface area contributed by atoms with E-state index in [4.69, 9.17) is 9.47 Å². The number of thioether (sulfide) groups is 1. The Balaban J connectivity index is 1.34. The quantitative estimate of drug-likeness (QED) is 0.212. The molecule has 8 heteroatoms. The standard InChI is InChI=1S/C30H26N2O5S/c1-19-17-22(20(2)32(19)25-13-7-6-12-24(25)29(34)36-3)18-27-28(33)31(30(35)38-27)15-16-37-26-14-8-10-21-9-4-5-11-23(21)26/h4-14,17-18H,15-16H2,1-3H3/b27-18-. The molecule has 0 atom stereocenters. The minimum atomic E-state index is -0.429. The van der Waals surface area contributed by atoms with Gasteiger partial charge in [0.05, 0.1) is 29.8 Å². The van der Waals surface area contributed by atoms with Crippen LogP contribution in [0.15, 0.2) is 77.7 Å². The third-order valence-corrected chi connectivity index (χ3v) is 7.41. The average molecular weight is 527 g/mol. The number of imide groups is 1. The van der Waals surface area contributed by atoms with Crippen LogP contribution >= 0.6 is 11.8 Å². The summed E-state index contributed by atoms with van der Waals surface area (Å²) in [6.45, 7) is 4.18. The number of para-hydroxylation sites is 1. The van der Waals surface area contributed by atoms with Gasteiger partial charge in [-0.1, -0.05) is 48.5 Å². The van der Waals surface area contributed by atoms with E-state index in [0.29, 0.717) is 21.9 Å². The number of hydrogen-bond acceptors (Lipinski definition) is 6. The van der Waals surface area contributed by atoms with Crippen LogP contribution in [0, 0.1) is 13.8 Å². The summed E-state index contributed by atoms with van der Waals surface area (Å²) in [5, 5.41) is 1.71. The van der Waals surface area contributed by atoms with Gasteiger partial charge in [0.2, 0.25) is 0 Å². The molecule has 1 aromatic heterocycles. The van der Waals surface area contributed by atoms with Gasteiger partial charge < -0.3 is 14.0 Å². The first-order chi connectivity index (χ1) is 18.4. The van der Waals surface area contributed by atoms with E-state index in [0.717, 1.165) is 39.5 Å². The first kappa shape index (κ1) is 25.4. The van der Waals surface area contributed by atoms with Gasteiger partial charge >= 0.3 is 5.97 Å². The Labute approximate surface area is 224 Å². The number of esters is 1. The van der Waals surface area contributed by atoms with Crippen LogP contribution in [0.2, 0.25) is 0 Å². The third kappa shape index (κ3) is 4.70.